The lowest BCUT2D eigenvalue weighted by atomic mass is 10.3. The Kier molecular flexibility index (Phi) is 5.08. The standard InChI is InChI=1S/C13H20N2O4S/c1-17-10-9(14)11(13(16)18-2)20-12(10)15-5-6-19-7-8-3-4-8/h8,15H,3-7,14H2,1-2H3. The first-order chi connectivity index (χ1) is 9.67. The van der Waals surface area contributed by atoms with Crippen LogP contribution in [0.2, 0.25) is 0 Å². The normalized spacial score (nSPS) is 14.1. The van der Waals surface area contributed by atoms with Crippen molar-refractivity contribution in [2.24, 2.45) is 5.92 Å². The van der Waals surface area contributed by atoms with Gasteiger partial charge in [0.15, 0.2) is 5.75 Å². The first-order valence-electron chi connectivity index (χ1n) is 6.53. The summed E-state index contributed by atoms with van der Waals surface area (Å²) in [6, 6.07) is 0. The van der Waals surface area contributed by atoms with Gasteiger partial charge in [-0.25, -0.2) is 4.79 Å². The molecular weight excluding hydrogens is 280 g/mol. The van der Waals surface area contributed by atoms with E-state index in [4.69, 9.17) is 15.2 Å². The monoisotopic (exact) mass is 300 g/mol. The van der Waals surface area contributed by atoms with Crippen molar-refractivity contribution in [3.8, 4) is 5.75 Å². The summed E-state index contributed by atoms with van der Waals surface area (Å²) in [4.78, 5) is 11.9. The van der Waals surface area contributed by atoms with Crippen LogP contribution in [0.15, 0.2) is 0 Å². The maximum atomic E-state index is 11.6. The van der Waals surface area contributed by atoms with E-state index in [0.717, 1.165) is 17.5 Å². The molecule has 6 nitrogen and oxygen atoms in total. The number of hydrogen-bond acceptors (Lipinski definition) is 7. The summed E-state index contributed by atoms with van der Waals surface area (Å²) >= 11 is 1.23. The average Bonchev–Trinajstić information content (AvgIpc) is 3.21. The number of hydrogen-bond donors (Lipinski definition) is 2. The van der Waals surface area contributed by atoms with Crippen LogP contribution >= 0.6 is 11.3 Å². The van der Waals surface area contributed by atoms with Gasteiger partial charge >= 0.3 is 5.97 Å². The van der Waals surface area contributed by atoms with Crippen LogP contribution in [0.3, 0.4) is 0 Å². The Morgan fingerprint density at radius 3 is 2.80 bits per heavy atom. The van der Waals surface area contributed by atoms with Crippen LogP contribution in [0.5, 0.6) is 5.75 Å². The Morgan fingerprint density at radius 1 is 1.45 bits per heavy atom. The molecule has 1 aliphatic rings. The van der Waals surface area contributed by atoms with Crippen LogP contribution in [-0.4, -0.2) is 39.9 Å². The molecule has 0 spiro atoms. The van der Waals surface area contributed by atoms with Gasteiger partial charge in [-0.05, 0) is 18.8 Å². The molecule has 0 bridgehead atoms. The second-order valence-electron chi connectivity index (χ2n) is 4.64. The smallest absolute Gasteiger partial charge is 0.350 e. The van der Waals surface area contributed by atoms with Crippen LogP contribution in [0, 0.1) is 5.92 Å². The van der Waals surface area contributed by atoms with Gasteiger partial charge in [0.1, 0.15) is 15.6 Å². The number of nitrogen functional groups attached to an aromatic ring is 1. The summed E-state index contributed by atoms with van der Waals surface area (Å²) in [7, 11) is 2.85. The van der Waals surface area contributed by atoms with Crippen LogP contribution < -0.4 is 15.8 Å². The fourth-order valence-electron chi connectivity index (χ4n) is 1.76. The SMILES string of the molecule is COC(=O)c1sc(NCCOCC2CC2)c(OC)c1N. The summed E-state index contributed by atoms with van der Waals surface area (Å²) in [5, 5.41) is 3.90. The molecule has 0 unspecified atom stereocenters. The molecule has 1 aromatic rings. The third-order valence-electron chi connectivity index (χ3n) is 3.06. The molecule has 0 saturated heterocycles. The van der Waals surface area contributed by atoms with Gasteiger partial charge in [-0.2, -0.15) is 0 Å². The Bertz CT molecular complexity index is 471. The van der Waals surface area contributed by atoms with E-state index in [-0.39, 0.29) is 0 Å². The fraction of sp³-hybridized carbons (Fsp3) is 0.615. The van der Waals surface area contributed by atoms with Crippen molar-refractivity contribution in [2.75, 3.05) is 45.0 Å². The van der Waals surface area contributed by atoms with Crippen molar-refractivity contribution in [3.05, 3.63) is 4.88 Å². The van der Waals surface area contributed by atoms with Crippen LogP contribution in [0.25, 0.3) is 0 Å². The van der Waals surface area contributed by atoms with Gasteiger partial charge in [-0.15, -0.1) is 11.3 Å². The van der Waals surface area contributed by atoms with Crippen LogP contribution in [-0.2, 0) is 9.47 Å². The molecule has 112 valence electrons. The van der Waals surface area contributed by atoms with Gasteiger partial charge in [0.25, 0.3) is 0 Å². The highest BCUT2D eigenvalue weighted by molar-refractivity contribution is 7.19. The van der Waals surface area contributed by atoms with E-state index in [1.807, 2.05) is 0 Å². The maximum absolute atomic E-state index is 11.6. The molecule has 0 radical (unpaired) electrons. The van der Waals surface area contributed by atoms with E-state index in [0.29, 0.717) is 29.5 Å². The number of nitrogens with two attached hydrogens (primary N) is 1. The third kappa shape index (κ3) is 3.55. The molecule has 0 atom stereocenters. The van der Waals surface area contributed by atoms with Crippen LogP contribution in [0.1, 0.15) is 22.5 Å². The summed E-state index contributed by atoms with van der Waals surface area (Å²) in [6.07, 6.45) is 2.57. The molecule has 1 saturated carbocycles. The zero-order valence-corrected chi connectivity index (χ0v) is 12.5. The maximum Gasteiger partial charge on any atom is 0.350 e. The predicted octanol–water partition coefficient (Wildman–Crippen LogP) is 1.96. The number of thiophene rings is 1. The van der Waals surface area contributed by atoms with Gasteiger partial charge in [0, 0.05) is 13.2 Å². The van der Waals surface area contributed by atoms with E-state index < -0.39 is 5.97 Å². The van der Waals surface area contributed by atoms with E-state index in [2.05, 4.69) is 10.1 Å². The largest absolute Gasteiger partial charge is 0.492 e. The van der Waals surface area contributed by atoms with E-state index in [9.17, 15) is 4.79 Å². The number of methoxy groups -OCH3 is 2. The first kappa shape index (κ1) is 14.9. The topological polar surface area (TPSA) is 82.8 Å². The Morgan fingerprint density at radius 2 is 2.20 bits per heavy atom. The number of rotatable bonds is 8. The van der Waals surface area contributed by atoms with Crippen molar-refractivity contribution in [2.45, 2.75) is 12.8 Å². The second-order valence-corrected chi connectivity index (χ2v) is 5.66. The van der Waals surface area contributed by atoms with Crippen molar-refractivity contribution >= 4 is 28.0 Å². The molecule has 1 aromatic heterocycles. The second kappa shape index (κ2) is 6.81. The molecule has 0 aromatic carbocycles. The highest BCUT2D eigenvalue weighted by atomic mass is 32.1. The molecule has 1 heterocycles. The predicted molar refractivity (Wildman–Crippen MR) is 78.7 cm³/mol. The van der Waals surface area contributed by atoms with Crippen molar-refractivity contribution in [1.29, 1.82) is 0 Å². The van der Waals surface area contributed by atoms with Gasteiger partial charge in [0.2, 0.25) is 0 Å². The number of anilines is 2. The lowest BCUT2D eigenvalue weighted by molar-refractivity contribution is 0.0607. The number of ether oxygens (including phenoxy) is 3. The van der Waals surface area contributed by atoms with Gasteiger partial charge < -0.3 is 25.3 Å². The lowest BCUT2D eigenvalue weighted by Crippen LogP contribution is -2.10. The van der Waals surface area contributed by atoms with Crippen LogP contribution in [0.4, 0.5) is 10.7 Å². The van der Waals surface area contributed by atoms with Crippen molar-refractivity contribution in [1.82, 2.24) is 0 Å². The molecule has 0 aliphatic heterocycles. The number of carbonyl (C=O) groups is 1. The third-order valence-corrected chi connectivity index (χ3v) is 4.18. The van der Waals surface area contributed by atoms with E-state index in [1.165, 1.54) is 38.4 Å². The Balaban J connectivity index is 1.89. The molecule has 20 heavy (non-hydrogen) atoms. The van der Waals surface area contributed by atoms with E-state index in [1.54, 1.807) is 0 Å². The quantitative estimate of drug-likeness (QED) is 0.564. The van der Waals surface area contributed by atoms with Gasteiger partial charge in [0.05, 0.1) is 20.8 Å². The van der Waals surface area contributed by atoms with Crippen molar-refractivity contribution < 1.29 is 19.0 Å². The molecule has 0 amide bonds. The summed E-state index contributed by atoms with van der Waals surface area (Å²) in [5.74, 6) is 0.786. The zero-order chi connectivity index (χ0) is 14.5. The zero-order valence-electron chi connectivity index (χ0n) is 11.7. The summed E-state index contributed by atoms with van der Waals surface area (Å²) in [6.45, 7) is 2.09. The minimum Gasteiger partial charge on any atom is -0.492 e. The molecule has 1 aliphatic carbocycles. The van der Waals surface area contributed by atoms with Gasteiger partial charge in [-0.1, -0.05) is 0 Å². The number of carbonyl (C=O) groups excluding carboxylic acids is 1. The number of nitrogens with one attached hydrogen (secondary N) is 1. The molecule has 3 N–H and O–H groups in total. The molecule has 7 heteroatoms. The Hall–Kier alpha value is -1.47. The highest BCUT2D eigenvalue weighted by Crippen LogP contribution is 2.42. The molecule has 1 fully saturated rings. The minimum atomic E-state index is -0.455. The first-order valence-corrected chi connectivity index (χ1v) is 7.35. The van der Waals surface area contributed by atoms with E-state index >= 15 is 0 Å². The fourth-order valence-corrected chi connectivity index (χ4v) is 2.80. The highest BCUT2D eigenvalue weighted by Gasteiger charge is 2.23. The van der Waals surface area contributed by atoms with Gasteiger partial charge in [-0.3, -0.25) is 0 Å². The number of esters is 1. The summed E-state index contributed by atoms with van der Waals surface area (Å²) < 4.78 is 15.5. The molecule has 2 rings (SSSR count). The lowest BCUT2D eigenvalue weighted by Gasteiger charge is -2.07. The Labute approximate surface area is 122 Å². The minimum absolute atomic E-state index is 0.311. The summed E-state index contributed by atoms with van der Waals surface area (Å²) in [5.41, 5.74) is 6.19. The van der Waals surface area contributed by atoms with Crippen molar-refractivity contribution in [3.63, 3.8) is 0 Å². The average molecular weight is 300 g/mol. The molecular formula is C13H20N2O4S.